The molecule has 1 saturated heterocycles. The lowest BCUT2D eigenvalue weighted by Crippen LogP contribution is -2.42. The number of carbonyl (C=O) groups is 3. The van der Waals surface area contributed by atoms with Crippen LogP contribution in [0.4, 0.5) is 15.8 Å². The van der Waals surface area contributed by atoms with Crippen LogP contribution in [0.15, 0.2) is 18.2 Å². The molecule has 0 N–H and O–H groups in total. The van der Waals surface area contributed by atoms with Crippen LogP contribution in [0.25, 0.3) is 0 Å². The average Bonchev–Trinajstić information content (AvgIpc) is 2.74. The van der Waals surface area contributed by atoms with Crippen LogP contribution in [0.5, 0.6) is 0 Å². The van der Waals surface area contributed by atoms with E-state index in [1.165, 1.54) is 17.0 Å². The number of amides is 3. The lowest BCUT2D eigenvalue weighted by molar-refractivity contribution is -0.141. The maximum Gasteiger partial charge on any atom is 0.247 e. The van der Waals surface area contributed by atoms with Crippen LogP contribution in [-0.4, -0.2) is 49.3 Å². The summed E-state index contributed by atoms with van der Waals surface area (Å²) in [4.78, 5) is 40.5. The monoisotopic (exact) mass is 319 g/mol. The van der Waals surface area contributed by atoms with Crippen LogP contribution in [0.3, 0.4) is 0 Å². The molecule has 3 rings (SSSR count). The average molecular weight is 319 g/mol. The van der Waals surface area contributed by atoms with E-state index in [2.05, 4.69) is 0 Å². The van der Waals surface area contributed by atoms with E-state index >= 15 is 0 Å². The normalized spacial score (nSPS) is 18.3. The molecule has 3 amide bonds. The second kappa shape index (κ2) is 5.98. The zero-order chi connectivity index (χ0) is 16.6. The molecule has 0 saturated carbocycles. The number of halogens is 1. The van der Waals surface area contributed by atoms with Crippen LogP contribution in [0.1, 0.15) is 19.3 Å². The van der Waals surface area contributed by atoms with Crippen molar-refractivity contribution in [2.24, 2.45) is 0 Å². The molecule has 2 heterocycles. The Morgan fingerprint density at radius 3 is 2.52 bits per heavy atom. The van der Waals surface area contributed by atoms with Crippen molar-refractivity contribution in [2.45, 2.75) is 19.3 Å². The first-order valence-electron chi connectivity index (χ1n) is 7.61. The van der Waals surface area contributed by atoms with Crippen molar-refractivity contribution in [3.05, 3.63) is 24.0 Å². The summed E-state index contributed by atoms with van der Waals surface area (Å²) in [6.07, 6.45) is 1.05. The second-order valence-electron chi connectivity index (χ2n) is 5.83. The Morgan fingerprint density at radius 2 is 1.83 bits per heavy atom. The molecule has 0 bridgehead atoms. The summed E-state index contributed by atoms with van der Waals surface area (Å²) >= 11 is 0. The van der Waals surface area contributed by atoms with Crippen LogP contribution in [-0.2, 0) is 14.4 Å². The summed E-state index contributed by atoms with van der Waals surface area (Å²) in [7, 11) is 1.85. The van der Waals surface area contributed by atoms with Crippen molar-refractivity contribution in [1.29, 1.82) is 0 Å². The Balaban J connectivity index is 1.87. The first-order valence-corrected chi connectivity index (χ1v) is 7.61. The number of rotatable bonds is 2. The van der Waals surface area contributed by atoms with Gasteiger partial charge in [0.2, 0.25) is 17.7 Å². The highest BCUT2D eigenvalue weighted by Crippen LogP contribution is 2.32. The summed E-state index contributed by atoms with van der Waals surface area (Å²) in [6.45, 7) is 0.915. The van der Waals surface area contributed by atoms with Gasteiger partial charge in [0.15, 0.2) is 0 Å². The van der Waals surface area contributed by atoms with Crippen molar-refractivity contribution >= 4 is 29.1 Å². The zero-order valence-electron chi connectivity index (χ0n) is 12.9. The lowest BCUT2D eigenvalue weighted by Gasteiger charge is -2.26. The van der Waals surface area contributed by atoms with Gasteiger partial charge in [0.05, 0.1) is 11.4 Å². The molecule has 0 aliphatic carbocycles. The van der Waals surface area contributed by atoms with Crippen LogP contribution in [0, 0.1) is 5.82 Å². The molecule has 1 aromatic carbocycles. The third kappa shape index (κ3) is 2.91. The van der Waals surface area contributed by atoms with Crippen LogP contribution >= 0.6 is 0 Å². The smallest absolute Gasteiger partial charge is 0.247 e. The summed E-state index contributed by atoms with van der Waals surface area (Å²) in [6, 6.07) is 4.27. The summed E-state index contributed by atoms with van der Waals surface area (Å²) in [5, 5.41) is 0. The minimum absolute atomic E-state index is 0.163. The second-order valence-corrected chi connectivity index (χ2v) is 5.83. The quantitative estimate of drug-likeness (QED) is 0.767. The van der Waals surface area contributed by atoms with Gasteiger partial charge in [-0.1, -0.05) is 0 Å². The number of likely N-dealkylation sites (tertiary alicyclic amines) is 1. The molecule has 0 spiro atoms. The van der Waals surface area contributed by atoms with E-state index in [4.69, 9.17) is 0 Å². The summed E-state index contributed by atoms with van der Waals surface area (Å²) < 4.78 is 13.5. The topological polar surface area (TPSA) is 60.9 Å². The number of nitrogens with zero attached hydrogens (tertiary/aromatic N) is 3. The molecule has 6 nitrogen and oxygen atoms in total. The van der Waals surface area contributed by atoms with E-state index in [1.54, 1.807) is 6.07 Å². The number of carbonyl (C=O) groups excluding carboxylic acids is 3. The lowest BCUT2D eigenvalue weighted by atomic mass is 10.2. The minimum Gasteiger partial charge on any atom is -0.373 e. The maximum absolute atomic E-state index is 13.5. The Bertz CT molecular complexity index is 661. The standard InChI is InChI=1S/C16H18FN3O3/c1-18-7-2-8-19(12-4-3-11(17)9-13(12)18)16(23)10-20-14(21)5-6-15(20)22/h3-4,9H,2,5-8,10H2,1H3. The number of imide groups is 1. The van der Waals surface area contributed by atoms with Gasteiger partial charge in [-0.25, -0.2) is 4.39 Å². The molecule has 23 heavy (non-hydrogen) atoms. The SMILES string of the molecule is CN1CCCN(C(=O)CN2C(=O)CCC2=O)c2ccc(F)cc21. The third-order valence-electron chi connectivity index (χ3n) is 4.26. The van der Waals surface area contributed by atoms with Crippen molar-refractivity contribution in [3.8, 4) is 0 Å². The first-order chi connectivity index (χ1) is 11.0. The molecule has 0 atom stereocenters. The molecule has 1 fully saturated rings. The van der Waals surface area contributed by atoms with E-state index in [9.17, 15) is 18.8 Å². The molecule has 122 valence electrons. The number of benzene rings is 1. The van der Waals surface area contributed by atoms with Crippen LogP contribution < -0.4 is 9.80 Å². The highest BCUT2D eigenvalue weighted by molar-refractivity contribution is 6.07. The van der Waals surface area contributed by atoms with E-state index in [1.807, 2.05) is 11.9 Å². The number of anilines is 2. The molecule has 0 unspecified atom stereocenters. The van der Waals surface area contributed by atoms with Gasteiger partial charge < -0.3 is 9.80 Å². The molecule has 7 heteroatoms. The summed E-state index contributed by atoms with van der Waals surface area (Å²) in [5.41, 5.74) is 1.24. The maximum atomic E-state index is 13.5. The molecular formula is C16H18FN3O3. The van der Waals surface area contributed by atoms with Gasteiger partial charge >= 0.3 is 0 Å². The first kappa shape index (κ1) is 15.5. The fourth-order valence-electron chi connectivity index (χ4n) is 3.02. The number of fused-ring (bicyclic) bond motifs is 1. The van der Waals surface area contributed by atoms with Gasteiger partial charge in [-0.3, -0.25) is 19.3 Å². The minimum atomic E-state index is -0.366. The summed E-state index contributed by atoms with van der Waals surface area (Å²) in [5.74, 6) is -1.31. The molecular weight excluding hydrogens is 301 g/mol. The van der Waals surface area contributed by atoms with E-state index in [0.29, 0.717) is 24.5 Å². The Kier molecular flexibility index (Phi) is 4.02. The van der Waals surface area contributed by atoms with Gasteiger partial charge in [0.25, 0.3) is 0 Å². The predicted octanol–water partition coefficient (Wildman–Crippen LogP) is 1.15. The Hall–Kier alpha value is -2.44. The van der Waals surface area contributed by atoms with Gasteiger partial charge in [-0.2, -0.15) is 0 Å². The largest absolute Gasteiger partial charge is 0.373 e. The van der Waals surface area contributed by atoms with E-state index < -0.39 is 0 Å². The fraction of sp³-hybridized carbons (Fsp3) is 0.438. The molecule has 1 aromatic rings. The Labute approximate surface area is 133 Å². The highest BCUT2D eigenvalue weighted by Gasteiger charge is 2.33. The van der Waals surface area contributed by atoms with Gasteiger partial charge in [0.1, 0.15) is 12.4 Å². The van der Waals surface area contributed by atoms with Crippen molar-refractivity contribution in [3.63, 3.8) is 0 Å². The van der Waals surface area contributed by atoms with Crippen LogP contribution in [0.2, 0.25) is 0 Å². The third-order valence-corrected chi connectivity index (χ3v) is 4.26. The van der Waals surface area contributed by atoms with Gasteiger partial charge in [-0.05, 0) is 24.6 Å². The van der Waals surface area contributed by atoms with E-state index in [0.717, 1.165) is 11.3 Å². The highest BCUT2D eigenvalue weighted by atomic mass is 19.1. The molecule has 2 aliphatic rings. The van der Waals surface area contributed by atoms with Crippen molar-refractivity contribution < 1.29 is 18.8 Å². The fourth-order valence-corrected chi connectivity index (χ4v) is 3.02. The van der Waals surface area contributed by atoms with Gasteiger partial charge in [0, 0.05) is 33.0 Å². The zero-order valence-corrected chi connectivity index (χ0v) is 12.9. The van der Waals surface area contributed by atoms with Crippen molar-refractivity contribution in [1.82, 2.24) is 4.90 Å². The van der Waals surface area contributed by atoms with Crippen molar-refractivity contribution in [2.75, 3.05) is 36.5 Å². The molecule has 0 aromatic heterocycles. The number of hydrogen-bond donors (Lipinski definition) is 0. The van der Waals surface area contributed by atoms with E-state index in [-0.39, 0.29) is 42.9 Å². The number of hydrogen-bond acceptors (Lipinski definition) is 4. The molecule has 2 aliphatic heterocycles. The Morgan fingerprint density at radius 1 is 1.13 bits per heavy atom. The predicted molar refractivity (Wildman–Crippen MR) is 82.6 cm³/mol. The molecule has 0 radical (unpaired) electrons. The van der Waals surface area contributed by atoms with Gasteiger partial charge in [-0.15, -0.1) is 0 Å².